The maximum absolute atomic E-state index is 9.47. The number of hydrogen-bond donors (Lipinski definition) is 2. The molecule has 0 spiro atoms. The van der Waals surface area contributed by atoms with Gasteiger partial charge in [0.15, 0.2) is 11.5 Å². The molecule has 0 aromatic heterocycles. The van der Waals surface area contributed by atoms with Crippen LogP contribution in [0.2, 0.25) is 5.02 Å². The molecule has 0 unspecified atom stereocenters. The van der Waals surface area contributed by atoms with E-state index in [-0.39, 0.29) is 11.5 Å². The highest BCUT2D eigenvalue weighted by atomic mass is 35.5. The predicted molar refractivity (Wildman–Crippen MR) is 53.4 cm³/mol. The third-order valence-electron chi connectivity index (χ3n) is 1.98. The Morgan fingerprint density at radius 3 is 2.62 bits per heavy atom. The Bertz CT molecular complexity index is 297. The van der Waals surface area contributed by atoms with E-state index in [0.717, 1.165) is 12.8 Å². The molecule has 0 atom stereocenters. The molecule has 2 N–H and O–H groups in total. The van der Waals surface area contributed by atoms with Crippen molar-refractivity contribution in [1.29, 1.82) is 0 Å². The largest absolute Gasteiger partial charge is 0.504 e. The Balaban J connectivity index is 2.96. The van der Waals surface area contributed by atoms with Gasteiger partial charge in [-0.1, -0.05) is 24.9 Å². The van der Waals surface area contributed by atoms with Crippen LogP contribution in [0.5, 0.6) is 11.5 Å². The van der Waals surface area contributed by atoms with Gasteiger partial charge >= 0.3 is 0 Å². The van der Waals surface area contributed by atoms with Crippen LogP contribution in [0.25, 0.3) is 0 Å². The van der Waals surface area contributed by atoms with Crippen molar-refractivity contribution in [2.24, 2.45) is 0 Å². The molecule has 0 saturated heterocycles. The molecule has 72 valence electrons. The van der Waals surface area contributed by atoms with Crippen LogP contribution < -0.4 is 0 Å². The van der Waals surface area contributed by atoms with E-state index in [1.54, 1.807) is 6.07 Å². The fourth-order valence-corrected chi connectivity index (χ4v) is 1.44. The van der Waals surface area contributed by atoms with Crippen LogP contribution in [0.15, 0.2) is 12.1 Å². The van der Waals surface area contributed by atoms with Gasteiger partial charge in [-0.25, -0.2) is 0 Å². The number of benzene rings is 1. The van der Waals surface area contributed by atoms with Crippen molar-refractivity contribution in [2.75, 3.05) is 0 Å². The summed E-state index contributed by atoms with van der Waals surface area (Å²) in [4.78, 5) is 0. The molecule has 1 aromatic rings. The van der Waals surface area contributed by atoms with Crippen molar-refractivity contribution in [1.82, 2.24) is 0 Å². The summed E-state index contributed by atoms with van der Waals surface area (Å²) in [5.74, 6) is -0.184. The topological polar surface area (TPSA) is 40.5 Å². The lowest BCUT2D eigenvalue weighted by Crippen LogP contribution is -1.87. The zero-order chi connectivity index (χ0) is 9.84. The summed E-state index contributed by atoms with van der Waals surface area (Å²) in [6.07, 6.45) is 2.69. The molecule has 0 radical (unpaired) electrons. The molecule has 0 aliphatic carbocycles. The first-order chi connectivity index (χ1) is 6.16. The van der Waals surface area contributed by atoms with E-state index in [4.69, 9.17) is 11.6 Å². The standard InChI is InChI=1S/C10H13ClO2/c1-2-3-4-7-8(11)5-6-9(12)10(7)13/h5-6,12-13H,2-4H2,1H3. The molecule has 0 aliphatic heterocycles. The first kappa shape index (κ1) is 10.2. The number of unbranched alkanes of at least 4 members (excludes halogenated alkanes) is 1. The van der Waals surface area contributed by atoms with E-state index < -0.39 is 0 Å². The summed E-state index contributed by atoms with van der Waals surface area (Å²) in [6.45, 7) is 2.06. The highest BCUT2D eigenvalue weighted by Gasteiger charge is 2.09. The van der Waals surface area contributed by atoms with Gasteiger partial charge in [-0.15, -0.1) is 0 Å². The van der Waals surface area contributed by atoms with Crippen molar-refractivity contribution in [3.05, 3.63) is 22.7 Å². The van der Waals surface area contributed by atoms with Gasteiger partial charge in [0.05, 0.1) is 0 Å². The summed E-state index contributed by atoms with van der Waals surface area (Å²) in [5.41, 5.74) is 0.642. The normalized spacial score (nSPS) is 10.3. The van der Waals surface area contributed by atoms with Gasteiger partial charge in [-0.3, -0.25) is 0 Å². The van der Waals surface area contributed by atoms with Crippen molar-refractivity contribution < 1.29 is 10.2 Å². The van der Waals surface area contributed by atoms with Crippen LogP contribution in [0.1, 0.15) is 25.3 Å². The fourth-order valence-electron chi connectivity index (χ4n) is 1.19. The number of hydrogen-bond acceptors (Lipinski definition) is 2. The van der Waals surface area contributed by atoms with Crippen LogP contribution in [-0.2, 0) is 6.42 Å². The van der Waals surface area contributed by atoms with E-state index in [2.05, 4.69) is 6.92 Å². The third-order valence-corrected chi connectivity index (χ3v) is 2.34. The summed E-state index contributed by atoms with van der Waals surface area (Å²) >= 11 is 5.87. The van der Waals surface area contributed by atoms with Crippen LogP contribution >= 0.6 is 11.6 Å². The Morgan fingerprint density at radius 2 is 2.00 bits per heavy atom. The second-order valence-corrected chi connectivity index (χ2v) is 3.40. The second-order valence-electron chi connectivity index (χ2n) is 3.00. The molecule has 0 bridgehead atoms. The number of phenols is 2. The third kappa shape index (κ3) is 2.28. The Kier molecular flexibility index (Phi) is 3.43. The maximum atomic E-state index is 9.47. The molecule has 0 amide bonds. The minimum atomic E-state index is -0.101. The van der Waals surface area contributed by atoms with E-state index in [1.807, 2.05) is 0 Å². The molecule has 0 heterocycles. The lowest BCUT2D eigenvalue weighted by atomic mass is 10.1. The fraction of sp³-hybridized carbons (Fsp3) is 0.400. The number of rotatable bonds is 3. The van der Waals surface area contributed by atoms with Gasteiger partial charge in [0.2, 0.25) is 0 Å². The van der Waals surface area contributed by atoms with E-state index in [0.29, 0.717) is 17.0 Å². The number of aromatic hydroxyl groups is 2. The average Bonchev–Trinajstić information content (AvgIpc) is 2.12. The highest BCUT2D eigenvalue weighted by Crippen LogP contribution is 2.34. The molecule has 0 fully saturated rings. The molecular weight excluding hydrogens is 188 g/mol. The van der Waals surface area contributed by atoms with Crippen molar-refractivity contribution in [3.63, 3.8) is 0 Å². The maximum Gasteiger partial charge on any atom is 0.162 e. The van der Waals surface area contributed by atoms with Gasteiger partial charge in [-0.2, -0.15) is 0 Å². The molecule has 13 heavy (non-hydrogen) atoms. The van der Waals surface area contributed by atoms with Gasteiger partial charge in [-0.05, 0) is 25.0 Å². The molecule has 1 aromatic carbocycles. The number of halogens is 1. The van der Waals surface area contributed by atoms with Crippen molar-refractivity contribution >= 4 is 11.6 Å². The van der Waals surface area contributed by atoms with Gasteiger partial charge < -0.3 is 10.2 Å². The van der Waals surface area contributed by atoms with Crippen molar-refractivity contribution in [3.8, 4) is 11.5 Å². The monoisotopic (exact) mass is 200 g/mol. The molecule has 0 saturated carbocycles. The lowest BCUT2D eigenvalue weighted by Gasteiger charge is -2.07. The summed E-state index contributed by atoms with van der Waals surface area (Å²) in [7, 11) is 0. The van der Waals surface area contributed by atoms with Crippen LogP contribution in [-0.4, -0.2) is 10.2 Å². The van der Waals surface area contributed by atoms with Crippen molar-refractivity contribution in [2.45, 2.75) is 26.2 Å². The summed E-state index contributed by atoms with van der Waals surface area (Å²) in [5, 5.41) is 19.2. The first-order valence-electron chi connectivity index (χ1n) is 4.36. The predicted octanol–water partition coefficient (Wildman–Crippen LogP) is 3.09. The Hall–Kier alpha value is -0.890. The molecular formula is C10H13ClO2. The summed E-state index contributed by atoms with van der Waals surface area (Å²) < 4.78 is 0. The van der Waals surface area contributed by atoms with Crippen LogP contribution in [0, 0.1) is 0 Å². The van der Waals surface area contributed by atoms with E-state index in [1.165, 1.54) is 6.07 Å². The highest BCUT2D eigenvalue weighted by molar-refractivity contribution is 6.31. The minimum absolute atomic E-state index is 0.0825. The zero-order valence-electron chi connectivity index (χ0n) is 7.55. The quantitative estimate of drug-likeness (QED) is 0.737. The molecule has 1 rings (SSSR count). The molecule has 0 aliphatic rings. The minimum Gasteiger partial charge on any atom is -0.504 e. The van der Waals surface area contributed by atoms with E-state index in [9.17, 15) is 10.2 Å². The Labute approximate surface area is 82.8 Å². The first-order valence-corrected chi connectivity index (χ1v) is 4.74. The molecule has 3 heteroatoms. The van der Waals surface area contributed by atoms with Gasteiger partial charge in [0.25, 0.3) is 0 Å². The zero-order valence-corrected chi connectivity index (χ0v) is 8.30. The smallest absolute Gasteiger partial charge is 0.162 e. The molecule has 2 nitrogen and oxygen atoms in total. The van der Waals surface area contributed by atoms with Crippen LogP contribution in [0.4, 0.5) is 0 Å². The Morgan fingerprint density at radius 1 is 1.31 bits per heavy atom. The van der Waals surface area contributed by atoms with E-state index >= 15 is 0 Å². The lowest BCUT2D eigenvalue weighted by molar-refractivity contribution is 0.399. The SMILES string of the molecule is CCCCc1c(Cl)ccc(O)c1O. The number of phenolic OH excluding ortho intramolecular Hbond substituents is 2. The second kappa shape index (κ2) is 4.38. The summed E-state index contributed by atoms with van der Waals surface area (Å²) in [6, 6.07) is 2.99. The van der Waals surface area contributed by atoms with Gasteiger partial charge in [0.1, 0.15) is 0 Å². The van der Waals surface area contributed by atoms with Crippen LogP contribution in [0.3, 0.4) is 0 Å². The average molecular weight is 201 g/mol. The van der Waals surface area contributed by atoms with Gasteiger partial charge in [0, 0.05) is 10.6 Å².